The molecule has 0 aromatic heterocycles. The summed E-state index contributed by atoms with van der Waals surface area (Å²) in [5.41, 5.74) is 7.22. The van der Waals surface area contributed by atoms with E-state index < -0.39 is 19.3 Å². The lowest BCUT2D eigenvalue weighted by molar-refractivity contribution is -0.138. The van der Waals surface area contributed by atoms with Crippen LogP contribution >= 0.6 is 7.37 Å². The Morgan fingerprint density at radius 3 is 2.52 bits per heavy atom. The van der Waals surface area contributed by atoms with Crippen molar-refractivity contribution in [2.45, 2.75) is 18.8 Å². The van der Waals surface area contributed by atoms with E-state index in [1.165, 1.54) is 6.07 Å². The van der Waals surface area contributed by atoms with Crippen LogP contribution < -0.4 is 11.1 Å². The van der Waals surface area contributed by atoms with Gasteiger partial charge in [0.1, 0.15) is 0 Å². The van der Waals surface area contributed by atoms with E-state index in [-0.39, 0.29) is 18.3 Å². The van der Waals surface area contributed by atoms with Gasteiger partial charge in [-0.3, -0.25) is 14.8 Å². The molecule has 0 saturated carbocycles. The van der Waals surface area contributed by atoms with Gasteiger partial charge in [0.25, 0.3) is 0 Å². The molecule has 1 unspecified atom stereocenters. The minimum Gasteiger partial charge on any atom is -0.481 e. The Morgan fingerprint density at radius 1 is 1.19 bits per heavy atom. The third-order valence-electron chi connectivity index (χ3n) is 4.15. The van der Waals surface area contributed by atoms with E-state index in [0.717, 1.165) is 5.56 Å². The molecule has 0 aliphatic carbocycles. The van der Waals surface area contributed by atoms with Gasteiger partial charge in [-0.05, 0) is 36.1 Å². The molecule has 2 rings (SSSR count). The van der Waals surface area contributed by atoms with Crippen molar-refractivity contribution in [3.63, 3.8) is 0 Å². The summed E-state index contributed by atoms with van der Waals surface area (Å²) in [5.74, 6) is -2.54. The van der Waals surface area contributed by atoms with E-state index >= 15 is 0 Å². The first-order chi connectivity index (χ1) is 12.8. The maximum Gasteiger partial charge on any atom is 0.311 e. The van der Waals surface area contributed by atoms with E-state index in [4.69, 9.17) is 11.1 Å². The van der Waals surface area contributed by atoms with Crippen molar-refractivity contribution in [2.24, 2.45) is 5.73 Å². The Bertz CT molecular complexity index is 842. The molecule has 27 heavy (non-hydrogen) atoms. The van der Waals surface area contributed by atoms with Crippen LogP contribution in [0.1, 0.15) is 23.5 Å². The average Bonchev–Trinajstić information content (AvgIpc) is 2.60. The molecule has 7 nitrogen and oxygen atoms in total. The number of nitrogens with two attached hydrogens (primary N) is 1. The fourth-order valence-electron chi connectivity index (χ4n) is 2.87. The van der Waals surface area contributed by atoms with Gasteiger partial charge in [0, 0.05) is 18.0 Å². The summed E-state index contributed by atoms with van der Waals surface area (Å²) in [5, 5.41) is 19.4. The molecule has 6 N–H and O–H groups in total. The van der Waals surface area contributed by atoms with Crippen LogP contribution in [0.5, 0.6) is 0 Å². The van der Waals surface area contributed by atoms with Crippen molar-refractivity contribution in [2.75, 3.05) is 17.6 Å². The van der Waals surface area contributed by atoms with Gasteiger partial charge in [0.15, 0.2) is 5.96 Å². The van der Waals surface area contributed by atoms with E-state index in [1.807, 2.05) is 30.3 Å². The lowest BCUT2D eigenvalue weighted by atomic mass is 10.0. The first-order valence-electron chi connectivity index (χ1n) is 8.55. The second-order valence-corrected chi connectivity index (χ2v) is 8.90. The maximum absolute atomic E-state index is 12.6. The molecule has 2 aromatic carbocycles. The fraction of sp³-hybridized carbons (Fsp3) is 0.263. The minimum absolute atomic E-state index is 0.0665. The van der Waals surface area contributed by atoms with Gasteiger partial charge in [-0.15, -0.1) is 0 Å². The maximum atomic E-state index is 12.6. The molecule has 0 bridgehead atoms. The molecular formula is C19H24N3O4P. The third-order valence-corrected chi connectivity index (χ3v) is 6.10. The summed E-state index contributed by atoms with van der Waals surface area (Å²) in [6.45, 7) is 0. The quantitative estimate of drug-likeness (QED) is 0.254. The molecule has 0 heterocycles. The highest BCUT2D eigenvalue weighted by Gasteiger charge is 2.30. The predicted molar refractivity (Wildman–Crippen MR) is 107 cm³/mol. The van der Waals surface area contributed by atoms with Crippen LogP contribution in [0, 0.1) is 5.41 Å². The molecule has 2 atom stereocenters. The van der Waals surface area contributed by atoms with Crippen LogP contribution in [0.4, 0.5) is 5.69 Å². The van der Waals surface area contributed by atoms with Crippen LogP contribution in [0.2, 0.25) is 0 Å². The number of guanidine groups is 1. The van der Waals surface area contributed by atoms with Gasteiger partial charge in [0.2, 0.25) is 7.37 Å². The number of nitrogens with one attached hydrogen (secondary N) is 2. The molecular weight excluding hydrogens is 365 g/mol. The fourth-order valence-corrected chi connectivity index (χ4v) is 4.64. The summed E-state index contributed by atoms with van der Waals surface area (Å²) >= 11 is 0. The van der Waals surface area contributed by atoms with Gasteiger partial charge in [-0.25, -0.2) is 0 Å². The SMILES string of the molecule is N=C(N)Nc1cccc([C@H](CP(=O)(O)CCCc2ccccc2)C(=O)O)c1. The first kappa shape index (κ1) is 20.7. The molecule has 144 valence electrons. The zero-order valence-electron chi connectivity index (χ0n) is 14.8. The molecule has 0 saturated heterocycles. The van der Waals surface area contributed by atoms with Crippen molar-refractivity contribution in [3.05, 3.63) is 65.7 Å². The van der Waals surface area contributed by atoms with Crippen LogP contribution in [0.15, 0.2) is 54.6 Å². The van der Waals surface area contributed by atoms with Crippen LogP contribution in [0.3, 0.4) is 0 Å². The normalized spacial score (nSPS) is 14.1. The number of anilines is 1. The van der Waals surface area contributed by atoms with E-state index in [0.29, 0.717) is 24.1 Å². The molecule has 0 radical (unpaired) electrons. The number of benzene rings is 2. The summed E-state index contributed by atoms with van der Waals surface area (Å²) in [6.07, 6.45) is 0.912. The summed E-state index contributed by atoms with van der Waals surface area (Å²) in [6, 6.07) is 16.0. The van der Waals surface area contributed by atoms with Crippen molar-refractivity contribution in [3.8, 4) is 0 Å². The standard InChI is InChI=1S/C19H24N3O4P/c20-19(21)22-16-10-4-9-15(12-16)17(18(23)24)13-27(25,26)11-5-8-14-6-2-1-3-7-14/h1-4,6-7,9-10,12,17H,5,8,11,13H2,(H,23,24)(H,25,26)(H4,20,21,22)/t17-/m0/s1. The minimum atomic E-state index is -3.62. The highest BCUT2D eigenvalue weighted by atomic mass is 31.2. The monoisotopic (exact) mass is 389 g/mol. The van der Waals surface area contributed by atoms with Gasteiger partial charge in [0.05, 0.1) is 5.92 Å². The molecule has 0 spiro atoms. The predicted octanol–water partition coefficient (Wildman–Crippen LogP) is 3.06. The lowest BCUT2D eigenvalue weighted by Gasteiger charge is -2.18. The molecule has 2 aromatic rings. The van der Waals surface area contributed by atoms with Crippen LogP contribution in [-0.4, -0.2) is 34.3 Å². The number of rotatable bonds is 9. The second-order valence-electron chi connectivity index (χ2n) is 6.40. The Hall–Kier alpha value is -2.63. The average molecular weight is 389 g/mol. The molecule has 0 amide bonds. The Kier molecular flexibility index (Phi) is 7.16. The highest BCUT2D eigenvalue weighted by Crippen LogP contribution is 2.45. The Morgan fingerprint density at radius 2 is 1.89 bits per heavy atom. The lowest BCUT2D eigenvalue weighted by Crippen LogP contribution is -2.21. The van der Waals surface area contributed by atoms with Crippen molar-refractivity contribution in [1.82, 2.24) is 0 Å². The molecule has 8 heteroatoms. The first-order valence-corrected chi connectivity index (χ1v) is 10.6. The number of aliphatic carboxylic acids is 1. The van der Waals surface area contributed by atoms with Gasteiger partial charge in [-0.1, -0.05) is 42.5 Å². The molecule has 0 fully saturated rings. The topological polar surface area (TPSA) is 136 Å². The zero-order chi connectivity index (χ0) is 19.9. The summed E-state index contributed by atoms with van der Waals surface area (Å²) < 4.78 is 12.6. The van der Waals surface area contributed by atoms with E-state index in [9.17, 15) is 19.4 Å². The summed E-state index contributed by atoms with van der Waals surface area (Å²) in [7, 11) is -3.62. The van der Waals surface area contributed by atoms with Crippen LogP contribution in [0.25, 0.3) is 0 Å². The van der Waals surface area contributed by atoms with Crippen molar-refractivity contribution >= 4 is 25.0 Å². The number of hydrogen-bond acceptors (Lipinski definition) is 3. The van der Waals surface area contributed by atoms with Crippen LogP contribution in [-0.2, 0) is 15.8 Å². The van der Waals surface area contributed by atoms with E-state index in [1.54, 1.807) is 18.2 Å². The zero-order valence-corrected chi connectivity index (χ0v) is 15.7. The Labute approximate surface area is 158 Å². The highest BCUT2D eigenvalue weighted by molar-refractivity contribution is 7.58. The number of carboxylic acids is 1. The second kappa shape index (κ2) is 9.35. The van der Waals surface area contributed by atoms with Crippen molar-refractivity contribution in [1.29, 1.82) is 5.41 Å². The smallest absolute Gasteiger partial charge is 0.311 e. The number of aryl methyl sites for hydroxylation is 1. The molecule has 0 aliphatic heterocycles. The number of hydrogen-bond donors (Lipinski definition) is 5. The van der Waals surface area contributed by atoms with Gasteiger partial charge >= 0.3 is 5.97 Å². The Balaban J connectivity index is 2.04. The van der Waals surface area contributed by atoms with Crippen molar-refractivity contribution < 1.29 is 19.4 Å². The number of carboxylic acid groups (broad SMARTS) is 1. The van der Waals surface area contributed by atoms with Gasteiger partial charge in [-0.2, -0.15) is 0 Å². The van der Waals surface area contributed by atoms with Gasteiger partial charge < -0.3 is 21.1 Å². The summed E-state index contributed by atoms with van der Waals surface area (Å²) in [4.78, 5) is 22.0. The largest absolute Gasteiger partial charge is 0.481 e. The third kappa shape index (κ3) is 6.89. The number of carbonyl (C=O) groups is 1. The molecule has 0 aliphatic rings. The van der Waals surface area contributed by atoms with E-state index in [2.05, 4.69) is 5.32 Å².